The van der Waals surface area contributed by atoms with Gasteiger partial charge < -0.3 is 10.1 Å². The van der Waals surface area contributed by atoms with Gasteiger partial charge in [-0.05, 0) is 46.2 Å². The molecule has 6 heteroatoms. The van der Waals surface area contributed by atoms with Crippen molar-refractivity contribution in [3.8, 4) is 10.6 Å². The maximum absolute atomic E-state index is 12.3. The number of rotatable bonds is 9. The zero-order valence-corrected chi connectivity index (χ0v) is 17.8. The van der Waals surface area contributed by atoms with Crippen LogP contribution in [0.15, 0.2) is 29.6 Å². The van der Waals surface area contributed by atoms with Crippen LogP contribution in [0.25, 0.3) is 10.6 Å². The number of aromatic nitrogens is 1. The van der Waals surface area contributed by atoms with Crippen molar-refractivity contribution in [2.24, 2.45) is 5.92 Å². The number of likely N-dealkylation sites (tertiary alicyclic amines) is 1. The topological polar surface area (TPSA) is 54.5 Å². The average Bonchev–Trinajstić information content (AvgIpc) is 3.17. The van der Waals surface area contributed by atoms with Gasteiger partial charge in [0.2, 0.25) is 5.91 Å². The first-order chi connectivity index (χ1) is 13.7. The Labute approximate surface area is 172 Å². The van der Waals surface area contributed by atoms with Gasteiger partial charge in [-0.2, -0.15) is 0 Å². The van der Waals surface area contributed by atoms with Crippen LogP contribution >= 0.6 is 11.3 Å². The van der Waals surface area contributed by atoms with Crippen LogP contribution in [0.3, 0.4) is 0 Å². The monoisotopic (exact) mass is 401 g/mol. The molecule has 0 spiro atoms. The fourth-order valence-electron chi connectivity index (χ4n) is 3.47. The molecule has 28 heavy (non-hydrogen) atoms. The summed E-state index contributed by atoms with van der Waals surface area (Å²) >= 11 is 1.70. The molecule has 1 aromatic heterocycles. The molecule has 1 N–H and O–H groups in total. The molecule has 0 radical (unpaired) electrons. The van der Waals surface area contributed by atoms with Crippen molar-refractivity contribution in [3.63, 3.8) is 0 Å². The van der Waals surface area contributed by atoms with Crippen molar-refractivity contribution in [3.05, 3.63) is 40.9 Å². The highest BCUT2D eigenvalue weighted by Crippen LogP contribution is 2.25. The van der Waals surface area contributed by atoms with E-state index < -0.39 is 0 Å². The molecule has 1 aliphatic rings. The van der Waals surface area contributed by atoms with Crippen LogP contribution in [0, 0.1) is 12.8 Å². The Hall–Kier alpha value is -1.76. The van der Waals surface area contributed by atoms with Crippen LogP contribution in [0.2, 0.25) is 0 Å². The van der Waals surface area contributed by atoms with Crippen molar-refractivity contribution < 1.29 is 9.53 Å². The average molecular weight is 402 g/mol. The molecule has 3 rings (SSSR count). The molecule has 0 aliphatic carbocycles. The van der Waals surface area contributed by atoms with Gasteiger partial charge in [-0.25, -0.2) is 4.98 Å². The second-order valence-corrected chi connectivity index (χ2v) is 8.26. The van der Waals surface area contributed by atoms with Crippen molar-refractivity contribution in [1.82, 2.24) is 15.2 Å². The number of thiazole rings is 1. The van der Waals surface area contributed by atoms with Gasteiger partial charge in [-0.3, -0.25) is 9.69 Å². The summed E-state index contributed by atoms with van der Waals surface area (Å²) in [7, 11) is 0. The maximum Gasteiger partial charge on any atom is 0.223 e. The number of carbonyl (C=O) groups is 1. The van der Waals surface area contributed by atoms with Crippen LogP contribution in [-0.2, 0) is 16.1 Å². The lowest BCUT2D eigenvalue weighted by atomic mass is 9.96. The Balaban J connectivity index is 1.41. The molecule has 1 fully saturated rings. The van der Waals surface area contributed by atoms with E-state index in [1.165, 1.54) is 11.1 Å². The number of piperidine rings is 1. The molecule has 1 saturated heterocycles. The third-order valence-electron chi connectivity index (χ3n) is 5.16. The predicted octanol–water partition coefficient (Wildman–Crippen LogP) is 3.87. The first kappa shape index (κ1) is 21.0. The van der Waals surface area contributed by atoms with Gasteiger partial charge in [0.05, 0.1) is 5.69 Å². The van der Waals surface area contributed by atoms with Crippen LogP contribution < -0.4 is 5.32 Å². The molecule has 2 heterocycles. The number of amides is 1. The van der Waals surface area contributed by atoms with E-state index >= 15 is 0 Å². The number of carbonyl (C=O) groups excluding carboxylic acids is 1. The normalized spacial score (nSPS) is 15.6. The van der Waals surface area contributed by atoms with E-state index in [4.69, 9.17) is 9.72 Å². The Morgan fingerprint density at radius 2 is 2.04 bits per heavy atom. The summed E-state index contributed by atoms with van der Waals surface area (Å²) in [5.41, 5.74) is 3.57. The molecule has 0 saturated carbocycles. The van der Waals surface area contributed by atoms with Crippen LogP contribution in [-0.4, -0.2) is 48.6 Å². The van der Waals surface area contributed by atoms with Crippen molar-refractivity contribution >= 4 is 17.2 Å². The summed E-state index contributed by atoms with van der Waals surface area (Å²) in [6, 6.07) is 8.53. The van der Waals surface area contributed by atoms with E-state index in [-0.39, 0.29) is 11.8 Å². The third-order valence-corrected chi connectivity index (χ3v) is 6.10. The standard InChI is InChI=1S/C22H31N3O2S/c1-3-27-14-4-11-23-21(26)18-9-12-25(13-10-18)15-20-16-28-22(24-20)19-7-5-17(2)6-8-19/h5-8,16,18H,3-4,9-15H2,1-2H3,(H,23,26). The molecular formula is C22H31N3O2S. The summed E-state index contributed by atoms with van der Waals surface area (Å²) < 4.78 is 5.30. The van der Waals surface area contributed by atoms with Gasteiger partial charge >= 0.3 is 0 Å². The summed E-state index contributed by atoms with van der Waals surface area (Å²) in [6.07, 6.45) is 2.73. The van der Waals surface area contributed by atoms with Crippen LogP contribution in [0.4, 0.5) is 0 Å². The van der Waals surface area contributed by atoms with E-state index in [9.17, 15) is 4.79 Å². The molecule has 0 bridgehead atoms. The van der Waals surface area contributed by atoms with Gasteiger partial charge in [0.15, 0.2) is 0 Å². The number of hydrogen-bond donors (Lipinski definition) is 1. The van der Waals surface area contributed by atoms with Crippen molar-refractivity contribution in [2.75, 3.05) is 32.8 Å². The first-order valence-electron chi connectivity index (χ1n) is 10.2. The number of aryl methyl sites for hydroxylation is 1. The molecule has 1 amide bonds. The van der Waals surface area contributed by atoms with E-state index in [1.807, 2.05) is 6.92 Å². The third kappa shape index (κ3) is 6.12. The fraction of sp³-hybridized carbons (Fsp3) is 0.545. The Kier molecular flexibility index (Phi) is 8.01. The highest BCUT2D eigenvalue weighted by molar-refractivity contribution is 7.13. The van der Waals surface area contributed by atoms with E-state index in [0.717, 1.165) is 56.2 Å². The minimum atomic E-state index is 0.141. The Morgan fingerprint density at radius 1 is 1.29 bits per heavy atom. The zero-order valence-electron chi connectivity index (χ0n) is 16.9. The second kappa shape index (κ2) is 10.7. The Morgan fingerprint density at radius 3 is 2.75 bits per heavy atom. The summed E-state index contributed by atoms with van der Waals surface area (Å²) in [5.74, 6) is 0.341. The van der Waals surface area contributed by atoms with Crippen molar-refractivity contribution in [2.45, 2.75) is 39.7 Å². The summed E-state index contributed by atoms with van der Waals surface area (Å²) in [6.45, 7) is 9.02. The van der Waals surface area contributed by atoms with E-state index in [1.54, 1.807) is 11.3 Å². The van der Waals surface area contributed by atoms with Gasteiger partial charge in [-0.15, -0.1) is 11.3 Å². The zero-order chi connectivity index (χ0) is 19.8. The smallest absolute Gasteiger partial charge is 0.223 e. The number of nitrogens with zero attached hydrogens (tertiary/aromatic N) is 2. The number of benzene rings is 1. The number of hydrogen-bond acceptors (Lipinski definition) is 5. The molecule has 0 atom stereocenters. The highest BCUT2D eigenvalue weighted by Gasteiger charge is 2.25. The lowest BCUT2D eigenvalue weighted by Crippen LogP contribution is -2.40. The molecule has 1 aliphatic heterocycles. The maximum atomic E-state index is 12.3. The lowest BCUT2D eigenvalue weighted by molar-refractivity contribution is -0.126. The molecule has 0 unspecified atom stereocenters. The van der Waals surface area contributed by atoms with E-state index in [2.05, 4.69) is 46.8 Å². The minimum absolute atomic E-state index is 0.141. The summed E-state index contributed by atoms with van der Waals surface area (Å²) in [4.78, 5) is 19.5. The molecular weight excluding hydrogens is 370 g/mol. The number of nitrogens with one attached hydrogen (secondary N) is 1. The van der Waals surface area contributed by atoms with Gasteiger partial charge in [0.1, 0.15) is 5.01 Å². The van der Waals surface area contributed by atoms with Gasteiger partial charge in [-0.1, -0.05) is 29.8 Å². The first-order valence-corrected chi connectivity index (χ1v) is 11.1. The predicted molar refractivity (Wildman–Crippen MR) is 114 cm³/mol. The van der Waals surface area contributed by atoms with Crippen LogP contribution in [0.5, 0.6) is 0 Å². The quantitative estimate of drug-likeness (QED) is 0.648. The molecule has 152 valence electrons. The SMILES string of the molecule is CCOCCCNC(=O)C1CCN(Cc2csc(-c3ccc(C)cc3)n2)CC1. The van der Waals surface area contributed by atoms with E-state index in [0.29, 0.717) is 13.2 Å². The summed E-state index contributed by atoms with van der Waals surface area (Å²) in [5, 5.41) is 6.29. The van der Waals surface area contributed by atoms with Crippen LogP contribution in [0.1, 0.15) is 37.4 Å². The minimum Gasteiger partial charge on any atom is -0.382 e. The fourth-order valence-corrected chi connectivity index (χ4v) is 4.28. The highest BCUT2D eigenvalue weighted by atomic mass is 32.1. The Bertz CT molecular complexity index is 736. The van der Waals surface area contributed by atoms with Crippen molar-refractivity contribution in [1.29, 1.82) is 0 Å². The largest absolute Gasteiger partial charge is 0.382 e. The van der Waals surface area contributed by atoms with Gasteiger partial charge in [0.25, 0.3) is 0 Å². The molecule has 2 aromatic rings. The lowest BCUT2D eigenvalue weighted by Gasteiger charge is -2.30. The van der Waals surface area contributed by atoms with Gasteiger partial charge in [0, 0.05) is 43.2 Å². The number of ether oxygens (including phenoxy) is 1. The molecule has 5 nitrogen and oxygen atoms in total. The molecule has 1 aromatic carbocycles. The second-order valence-electron chi connectivity index (χ2n) is 7.40.